The molecule has 0 atom stereocenters. The van der Waals surface area contributed by atoms with Gasteiger partial charge in [-0.3, -0.25) is 0 Å². The molecule has 1 aliphatic carbocycles. The van der Waals surface area contributed by atoms with E-state index < -0.39 is 0 Å². The molecule has 1 nitrogen and oxygen atoms in total. The lowest BCUT2D eigenvalue weighted by Crippen LogP contribution is -1.88. The lowest BCUT2D eigenvalue weighted by Gasteiger charge is -2.04. The Hall–Kier alpha value is -1.89. The van der Waals surface area contributed by atoms with Gasteiger partial charge in [0.15, 0.2) is 0 Å². The normalized spacial score (nSPS) is 13.6. The van der Waals surface area contributed by atoms with Crippen molar-refractivity contribution < 1.29 is 4.79 Å². The van der Waals surface area contributed by atoms with E-state index in [0.717, 1.165) is 12.8 Å². The predicted octanol–water partition coefficient (Wildman–Crippen LogP) is 4.19. The van der Waals surface area contributed by atoms with Crippen molar-refractivity contribution >= 4 is 17.9 Å². The van der Waals surface area contributed by atoms with E-state index in [1.54, 1.807) is 6.92 Å². The maximum atomic E-state index is 10.8. The van der Waals surface area contributed by atoms with Gasteiger partial charge in [-0.25, -0.2) is 0 Å². The van der Waals surface area contributed by atoms with Crippen LogP contribution >= 0.6 is 0 Å². The molecule has 0 aliphatic heterocycles. The molecule has 0 bridgehead atoms. The second-order valence-electron chi connectivity index (χ2n) is 4.59. The fourth-order valence-electron chi connectivity index (χ4n) is 2.00. The minimum Gasteiger partial charge on any atom is -0.300 e. The number of hydrogen-bond acceptors (Lipinski definition) is 1. The SMILES string of the molecule is CC(=O)CC/C=C/c1ccc2c(c1)C=CC=CC2. The van der Waals surface area contributed by atoms with E-state index in [0.29, 0.717) is 6.42 Å². The molecule has 0 saturated heterocycles. The highest BCUT2D eigenvalue weighted by atomic mass is 16.1. The fraction of sp³-hybridized carbons (Fsp3) is 0.235. The van der Waals surface area contributed by atoms with Crippen LogP contribution in [-0.2, 0) is 11.2 Å². The van der Waals surface area contributed by atoms with Crippen molar-refractivity contribution in [1.82, 2.24) is 0 Å². The zero-order valence-electron chi connectivity index (χ0n) is 10.7. The van der Waals surface area contributed by atoms with Gasteiger partial charge in [0.2, 0.25) is 0 Å². The van der Waals surface area contributed by atoms with Gasteiger partial charge in [-0.1, -0.05) is 48.6 Å². The van der Waals surface area contributed by atoms with Crippen LogP contribution in [0.25, 0.3) is 12.2 Å². The number of carbonyl (C=O) groups excluding carboxylic acids is 1. The Morgan fingerprint density at radius 1 is 1.33 bits per heavy atom. The third kappa shape index (κ3) is 3.56. The number of rotatable bonds is 4. The Morgan fingerprint density at radius 2 is 2.22 bits per heavy atom. The summed E-state index contributed by atoms with van der Waals surface area (Å²) in [6, 6.07) is 6.51. The molecule has 0 fully saturated rings. The molecule has 1 aromatic carbocycles. The highest BCUT2D eigenvalue weighted by Crippen LogP contribution is 2.18. The van der Waals surface area contributed by atoms with Crippen molar-refractivity contribution in [3.05, 3.63) is 59.2 Å². The van der Waals surface area contributed by atoms with Crippen molar-refractivity contribution in [2.45, 2.75) is 26.2 Å². The van der Waals surface area contributed by atoms with E-state index in [4.69, 9.17) is 0 Å². The van der Waals surface area contributed by atoms with Crippen LogP contribution in [0, 0.1) is 0 Å². The predicted molar refractivity (Wildman–Crippen MR) is 77.3 cm³/mol. The Kier molecular flexibility index (Phi) is 4.30. The zero-order valence-corrected chi connectivity index (χ0v) is 10.7. The molecule has 2 rings (SSSR count). The fourth-order valence-corrected chi connectivity index (χ4v) is 2.00. The molecule has 0 N–H and O–H groups in total. The monoisotopic (exact) mass is 238 g/mol. The maximum Gasteiger partial charge on any atom is 0.130 e. The van der Waals surface area contributed by atoms with Gasteiger partial charge in [0.25, 0.3) is 0 Å². The molecule has 1 aliphatic rings. The first-order valence-corrected chi connectivity index (χ1v) is 6.38. The molecule has 0 saturated carbocycles. The minimum absolute atomic E-state index is 0.246. The average Bonchev–Trinajstić information content (AvgIpc) is 2.59. The molecule has 0 heterocycles. The average molecular weight is 238 g/mol. The summed E-state index contributed by atoms with van der Waals surface area (Å²) in [7, 11) is 0. The second-order valence-corrected chi connectivity index (χ2v) is 4.59. The van der Waals surface area contributed by atoms with Crippen molar-refractivity contribution in [2.24, 2.45) is 0 Å². The number of ketones is 1. The maximum absolute atomic E-state index is 10.8. The number of benzene rings is 1. The molecular weight excluding hydrogens is 220 g/mol. The van der Waals surface area contributed by atoms with E-state index in [-0.39, 0.29) is 5.78 Å². The Balaban J connectivity index is 2.07. The molecule has 92 valence electrons. The molecule has 0 spiro atoms. The van der Waals surface area contributed by atoms with Crippen LogP contribution in [0.1, 0.15) is 36.5 Å². The van der Waals surface area contributed by atoms with Crippen LogP contribution in [0.3, 0.4) is 0 Å². The highest BCUT2D eigenvalue weighted by molar-refractivity contribution is 5.75. The van der Waals surface area contributed by atoms with Gasteiger partial charge < -0.3 is 4.79 Å². The molecule has 0 radical (unpaired) electrons. The van der Waals surface area contributed by atoms with Gasteiger partial charge in [0, 0.05) is 6.42 Å². The third-order valence-corrected chi connectivity index (χ3v) is 3.00. The largest absolute Gasteiger partial charge is 0.300 e. The summed E-state index contributed by atoms with van der Waals surface area (Å²) < 4.78 is 0. The van der Waals surface area contributed by atoms with Crippen molar-refractivity contribution in [3.63, 3.8) is 0 Å². The Labute approximate surface area is 109 Å². The number of fused-ring (bicyclic) bond motifs is 1. The van der Waals surface area contributed by atoms with E-state index in [1.807, 2.05) is 0 Å². The standard InChI is InChI=1S/C17H18O/c1-14(18)7-5-6-8-15-11-12-16-9-3-2-4-10-17(16)13-15/h2-4,6,8,10-13H,5,7,9H2,1H3/b8-6+. The van der Waals surface area contributed by atoms with Crippen LogP contribution in [0.4, 0.5) is 0 Å². The first kappa shape index (κ1) is 12.6. The van der Waals surface area contributed by atoms with Crippen molar-refractivity contribution in [1.29, 1.82) is 0 Å². The zero-order chi connectivity index (χ0) is 12.8. The molecule has 1 aromatic rings. The first-order valence-electron chi connectivity index (χ1n) is 6.38. The van der Waals surface area contributed by atoms with Crippen molar-refractivity contribution in [2.75, 3.05) is 0 Å². The van der Waals surface area contributed by atoms with Gasteiger partial charge in [0.05, 0.1) is 0 Å². The third-order valence-electron chi connectivity index (χ3n) is 3.00. The summed E-state index contributed by atoms with van der Waals surface area (Å²) in [4.78, 5) is 10.8. The number of allylic oxidation sites excluding steroid dienone is 4. The summed E-state index contributed by atoms with van der Waals surface area (Å²) >= 11 is 0. The van der Waals surface area contributed by atoms with Crippen LogP contribution in [0.15, 0.2) is 42.5 Å². The number of hydrogen-bond donors (Lipinski definition) is 0. The van der Waals surface area contributed by atoms with E-state index in [1.165, 1.54) is 16.7 Å². The number of Topliss-reactive ketones (excluding diaryl/α,β-unsaturated/α-hetero) is 1. The highest BCUT2D eigenvalue weighted by Gasteiger charge is 2.00. The van der Waals surface area contributed by atoms with Crippen molar-refractivity contribution in [3.8, 4) is 0 Å². The summed E-state index contributed by atoms with van der Waals surface area (Å²) in [5, 5.41) is 0. The van der Waals surface area contributed by atoms with E-state index in [9.17, 15) is 4.79 Å². The number of carbonyl (C=O) groups is 1. The summed E-state index contributed by atoms with van der Waals surface area (Å²) in [5.74, 6) is 0.246. The quantitative estimate of drug-likeness (QED) is 0.768. The Bertz CT molecular complexity index is 518. The van der Waals surface area contributed by atoms with Crippen LogP contribution in [0.5, 0.6) is 0 Å². The minimum atomic E-state index is 0.246. The first-order chi connectivity index (χ1) is 8.75. The van der Waals surface area contributed by atoms with Crippen LogP contribution in [0.2, 0.25) is 0 Å². The second kappa shape index (κ2) is 6.15. The molecule has 0 amide bonds. The molecule has 0 unspecified atom stereocenters. The topological polar surface area (TPSA) is 17.1 Å². The molecule has 18 heavy (non-hydrogen) atoms. The van der Waals surface area contributed by atoms with Gasteiger partial charge in [0.1, 0.15) is 5.78 Å². The summed E-state index contributed by atoms with van der Waals surface area (Å²) in [6.45, 7) is 1.63. The van der Waals surface area contributed by atoms with Crippen LogP contribution in [-0.4, -0.2) is 5.78 Å². The summed E-state index contributed by atoms with van der Waals surface area (Å²) in [5.41, 5.74) is 3.85. The van der Waals surface area contributed by atoms with Gasteiger partial charge in [-0.2, -0.15) is 0 Å². The van der Waals surface area contributed by atoms with Gasteiger partial charge in [-0.05, 0) is 42.5 Å². The molecule has 1 heteroatoms. The lowest BCUT2D eigenvalue weighted by atomic mass is 10.0. The lowest BCUT2D eigenvalue weighted by molar-refractivity contribution is -0.116. The molecule has 0 aromatic heterocycles. The Morgan fingerprint density at radius 3 is 3.06 bits per heavy atom. The van der Waals surface area contributed by atoms with E-state index in [2.05, 4.69) is 54.7 Å². The van der Waals surface area contributed by atoms with E-state index >= 15 is 0 Å². The van der Waals surface area contributed by atoms with Gasteiger partial charge in [-0.15, -0.1) is 0 Å². The van der Waals surface area contributed by atoms with Gasteiger partial charge >= 0.3 is 0 Å². The smallest absolute Gasteiger partial charge is 0.130 e. The van der Waals surface area contributed by atoms with Crippen LogP contribution < -0.4 is 0 Å². The molecular formula is C17H18O. The summed E-state index contributed by atoms with van der Waals surface area (Å²) in [6.07, 6.45) is 15.1.